The van der Waals surface area contributed by atoms with Gasteiger partial charge in [-0.25, -0.2) is 4.79 Å². The molecule has 21 heavy (non-hydrogen) atoms. The van der Waals surface area contributed by atoms with Crippen LogP contribution in [0, 0.1) is 0 Å². The summed E-state index contributed by atoms with van der Waals surface area (Å²) in [6, 6.07) is 7.93. The van der Waals surface area contributed by atoms with Crippen LogP contribution >= 0.6 is 0 Å². The number of fused-ring (bicyclic) bond motifs is 1. The Bertz CT molecular complexity index is 757. The summed E-state index contributed by atoms with van der Waals surface area (Å²) in [7, 11) is 1.57. The lowest BCUT2D eigenvalue weighted by atomic mass is 9.97. The third-order valence-corrected chi connectivity index (χ3v) is 3.80. The minimum Gasteiger partial charge on any atom is -0.393 e. The van der Waals surface area contributed by atoms with Gasteiger partial charge in [0.25, 0.3) is 5.56 Å². The van der Waals surface area contributed by atoms with Gasteiger partial charge in [-0.3, -0.25) is 9.36 Å². The van der Waals surface area contributed by atoms with Crippen LogP contribution < -0.4 is 17.0 Å². The van der Waals surface area contributed by atoms with E-state index in [4.69, 9.17) is 10.5 Å². The first-order valence-electron chi connectivity index (χ1n) is 6.83. The van der Waals surface area contributed by atoms with Gasteiger partial charge in [-0.1, -0.05) is 24.3 Å². The zero-order chi connectivity index (χ0) is 15.0. The molecule has 0 amide bonds. The zero-order valence-electron chi connectivity index (χ0n) is 11.8. The average Bonchev–Trinajstić information content (AvgIpc) is 2.50. The molecule has 1 aromatic heterocycles. The van der Waals surface area contributed by atoms with Crippen LogP contribution in [-0.2, 0) is 24.8 Å². The number of ether oxygens (including phenoxy) is 1. The fourth-order valence-corrected chi connectivity index (χ4v) is 2.71. The molecule has 1 aliphatic heterocycles. The average molecular weight is 287 g/mol. The second-order valence-corrected chi connectivity index (χ2v) is 5.20. The van der Waals surface area contributed by atoms with Gasteiger partial charge in [-0.2, -0.15) is 0 Å². The lowest BCUT2D eigenvalue weighted by Crippen LogP contribution is -2.41. The molecule has 2 aromatic rings. The molecule has 6 heteroatoms. The number of aryl methyl sites for hydroxylation is 1. The van der Waals surface area contributed by atoms with E-state index in [9.17, 15) is 9.59 Å². The summed E-state index contributed by atoms with van der Waals surface area (Å²) in [6.45, 7) is 0.757. The Morgan fingerprint density at radius 2 is 2.10 bits per heavy atom. The number of nitrogens with zero attached hydrogens (tertiary/aromatic N) is 2. The number of hydrogen-bond acceptors (Lipinski definition) is 4. The van der Waals surface area contributed by atoms with E-state index in [1.165, 1.54) is 16.3 Å². The van der Waals surface area contributed by atoms with Gasteiger partial charge in [-0.15, -0.1) is 0 Å². The first kappa shape index (κ1) is 13.6. The summed E-state index contributed by atoms with van der Waals surface area (Å²) in [6.07, 6.45) is 1.88. The van der Waals surface area contributed by atoms with Crippen molar-refractivity contribution in [2.75, 3.05) is 12.3 Å². The monoisotopic (exact) mass is 287 g/mol. The Morgan fingerprint density at radius 1 is 1.33 bits per heavy atom. The van der Waals surface area contributed by atoms with E-state index < -0.39 is 5.56 Å². The molecule has 0 aliphatic carbocycles. The van der Waals surface area contributed by atoms with E-state index in [-0.39, 0.29) is 24.0 Å². The molecule has 1 atom stereocenters. The highest BCUT2D eigenvalue weighted by Gasteiger charge is 2.22. The molecule has 1 aromatic carbocycles. The van der Waals surface area contributed by atoms with Crippen LogP contribution in [0.2, 0.25) is 0 Å². The molecule has 1 aliphatic rings. The van der Waals surface area contributed by atoms with E-state index >= 15 is 0 Å². The van der Waals surface area contributed by atoms with Gasteiger partial charge >= 0.3 is 5.69 Å². The van der Waals surface area contributed by atoms with Gasteiger partial charge in [-0.05, 0) is 17.5 Å². The van der Waals surface area contributed by atoms with Crippen molar-refractivity contribution in [2.24, 2.45) is 7.05 Å². The van der Waals surface area contributed by atoms with Gasteiger partial charge in [0.05, 0.1) is 13.2 Å². The van der Waals surface area contributed by atoms with Gasteiger partial charge in [0.2, 0.25) is 0 Å². The standard InChI is InChI=1S/C15H17N3O3/c1-17-8-12(16)14(19)18(15(17)20)9-13-11-5-3-2-4-10(11)6-7-21-13/h2-5,8,13H,6-7,9,16H2,1H3. The summed E-state index contributed by atoms with van der Waals surface area (Å²) >= 11 is 0. The van der Waals surface area contributed by atoms with Gasteiger partial charge < -0.3 is 15.0 Å². The summed E-state index contributed by atoms with van der Waals surface area (Å²) in [5.74, 6) is 0. The number of anilines is 1. The summed E-state index contributed by atoms with van der Waals surface area (Å²) < 4.78 is 8.20. The number of hydrogen-bond donors (Lipinski definition) is 1. The predicted molar refractivity (Wildman–Crippen MR) is 79.2 cm³/mol. The second kappa shape index (κ2) is 5.21. The van der Waals surface area contributed by atoms with Crippen molar-refractivity contribution in [1.29, 1.82) is 0 Å². The van der Waals surface area contributed by atoms with Crippen LogP contribution in [0.1, 0.15) is 17.2 Å². The Morgan fingerprint density at radius 3 is 2.90 bits per heavy atom. The normalized spacial score (nSPS) is 17.5. The molecule has 3 rings (SSSR count). The fraction of sp³-hybridized carbons (Fsp3) is 0.333. The molecule has 0 radical (unpaired) electrons. The number of aromatic nitrogens is 2. The highest BCUT2D eigenvalue weighted by atomic mass is 16.5. The van der Waals surface area contributed by atoms with Gasteiger partial charge in [0.15, 0.2) is 0 Å². The number of nitrogen functional groups attached to an aromatic ring is 1. The van der Waals surface area contributed by atoms with E-state index in [0.717, 1.165) is 16.6 Å². The molecule has 2 heterocycles. The van der Waals surface area contributed by atoms with Crippen molar-refractivity contribution in [2.45, 2.75) is 19.1 Å². The van der Waals surface area contributed by atoms with E-state index in [2.05, 4.69) is 0 Å². The highest BCUT2D eigenvalue weighted by molar-refractivity contribution is 5.32. The number of rotatable bonds is 2. The molecule has 0 saturated carbocycles. The zero-order valence-corrected chi connectivity index (χ0v) is 11.8. The SMILES string of the molecule is Cn1cc(N)c(=O)n(CC2OCCc3ccccc32)c1=O. The smallest absolute Gasteiger partial charge is 0.330 e. The number of nitrogens with two attached hydrogens (primary N) is 1. The lowest BCUT2D eigenvalue weighted by Gasteiger charge is -2.26. The van der Waals surface area contributed by atoms with Crippen molar-refractivity contribution in [3.8, 4) is 0 Å². The lowest BCUT2D eigenvalue weighted by molar-refractivity contribution is 0.0289. The van der Waals surface area contributed by atoms with Crippen LogP contribution in [-0.4, -0.2) is 15.7 Å². The van der Waals surface area contributed by atoms with Crippen LogP contribution in [0.25, 0.3) is 0 Å². The van der Waals surface area contributed by atoms with E-state index in [1.807, 2.05) is 24.3 Å². The molecular formula is C15H17N3O3. The highest BCUT2D eigenvalue weighted by Crippen LogP contribution is 2.27. The quantitative estimate of drug-likeness (QED) is 0.869. The number of benzene rings is 1. The topological polar surface area (TPSA) is 79.2 Å². The molecule has 110 valence electrons. The van der Waals surface area contributed by atoms with Crippen LogP contribution in [0.15, 0.2) is 40.1 Å². The van der Waals surface area contributed by atoms with Crippen LogP contribution in [0.4, 0.5) is 5.69 Å². The van der Waals surface area contributed by atoms with E-state index in [0.29, 0.717) is 6.61 Å². The van der Waals surface area contributed by atoms with Gasteiger partial charge in [0, 0.05) is 13.2 Å². The third kappa shape index (κ3) is 2.38. The first-order valence-corrected chi connectivity index (χ1v) is 6.83. The summed E-state index contributed by atoms with van der Waals surface area (Å²) in [4.78, 5) is 24.2. The van der Waals surface area contributed by atoms with Crippen molar-refractivity contribution < 1.29 is 4.74 Å². The maximum Gasteiger partial charge on any atom is 0.330 e. The first-order chi connectivity index (χ1) is 10.1. The predicted octanol–water partition coefficient (Wildman–Crippen LogP) is 0.443. The van der Waals surface area contributed by atoms with Crippen LogP contribution in [0.3, 0.4) is 0 Å². The molecule has 6 nitrogen and oxygen atoms in total. The maximum atomic E-state index is 12.1. The van der Waals surface area contributed by atoms with Crippen molar-refractivity contribution in [3.05, 3.63) is 62.4 Å². The summed E-state index contributed by atoms with van der Waals surface area (Å²) in [5.41, 5.74) is 7.08. The second-order valence-electron chi connectivity index (χ2n) is 5.20. The largest absolute Gasteiger partial charge is 0.393 e. The van der Waals surface area contributed by atoms with E-state index in [1.54, 1.807) is 7.05 Å². The fourth-order valence-electron chi connectivity index (χ4n) is 2.71. The molecular weight excluding hydrogens is 270 g/mol. The van der Waals surface area contributed by atoms with Crippen molar-refractivity contribution in [3.63, 3.8) is 0 Å². The van der Waals surface area contributed by atoms with Crippen molar-refractivity contribution >= 4 is 5.69 Å². The van der Waals surface area contributed by atoms with Crippen LogP contribution in [0.5, 0.6) is 0 Å². The van der Waals surface area contributed by atoms with Gasteiger partial charge in [0.1, 0.15) is 11.8 Å². The minimum absolute atomic E-state index is 0.0567. The molecule has 0 saturated heterocycles. The molecule has 0 spiro atoms. The molecule has 1 unspecified atom stereocenters. The molecule has 0 fully saturated rings. The summed E-state index contributed by atoms with van der Waals surface area (Å²) in [5, 5.41) is 0. The molecule has 2 N–H and O–H groups in total. The Balaban J connectivity index is 2.03. The van der Waals surface area contributed by atoms with Crippen molar-refractivity contribution in [1.82, 2.24) is 9.13 Å². The maximum absolute atomic E-state index is 12.1. The Labute approximate surface area is 121 Å². The molecule has 0 bridgehead atoms. The minimum atomic E-state index is -0.468. The Hall–Kier alpha value is -2.34. The Kier molecular flexibility index (Phi) is 3.39. The third-order valence-electron chi connectivity index (χ3n) is 3.80.